The van der Waals surface area contributed by atoms with Crippen molar-refractivity contribution in [1.82, 2.24) is 0 Å². The van der Waals surface area contributed by atoms with Gasteiger partial charge in [0.05, 0.1) is 4.92 Å². The van der Waals surface area contributed by atoms with Crippen LogP contribution in [0.2, 0.25) is 0 Å². The second-order valence-corrected chi connectivity index (χ2v) is 4.50. The number of para-hydroxylation sites is 1. The van der Waals surface area contributed by atoms with E-state index in [1.807, 2.05) is 43.3 Å². The highest BCUT2D eigenvalue weighted by Gasteiger charge is 2.14. The van der Waals surface area contributed by atoms with Gasteiger partial charge in [-0.15, -0.1) is 0 Å². The van der Waals surface area contributed by atoms with E-state index < -0.39 is 0 Å². The monoisotopic (exact) mass is 270 g/mol. The summed E-state index contributed by atoms with van der Waals surface area (Å²) in [5.74, 6) is 0. The molecule has 0 unspecified atom stereocenters. The third kappa shape index (κ3) is 2.79. The van der Waals surface area contributed by atoms with Gasteiger partial charge in [0.15, 0.2) is 0 Å². The maximum Gasteiger partial charge on any atom is 0.269 e. The van der Waals surface area contributed by atoms with Crippen LogP contribution in [0.15, 0.2) is 48.5 Å². The summed E-state index contributed by atoms with van der Waals surface area (Å²) in [4.78, 5) is 12.7. The lowest BCUT2D eigenvalue weighted by molar-refractivity contribution is -0.384. The van der Waals surface area contributed by atoms with Crippen molar-refractivity contribution in [3.63, 3.8) is 0 Å². The Morgan fingerprint density at radius 3 is 2.35 bits per heavy atom. The highest BCUT2D eigenvalue weighted by atomic mass is 16.6. The molecule has 0 aliphatic heterocycles. The van der Waals surface area contributed by atoms with Crippen molar-refractivity contribution in [3.8, 4) is 0 Å². The maximum atomic E-state index is 10.9. The number of anilines is 2. The maximum absolute atomic E-state index is 10.9. The van der Waals surface area contributed by atoms with Crippen LogP contribution in [-0.2, 0) is 6.42 Å². The number of nitro groups is 1. The summed E-state index contributed by atoms with van der Waals surface area (Å²) in [5.41, 5.74) is 3.27. The lowest BCUT2D eigenvalue weighted by Gasteiger charge is -2.25. The first-order chi connectivity index (χ1) is 9.67. The average molecular weight is 270 g/mol. The first kappa shape index (κ1) is 14.1. The van der Waals surface area contributed by atoms with Crippen LogP contribution in [0.5, 0.6) is 0 Å². The third-order valence-electron chi connectivity index (χ3n) is 3.33. The molecular formula is C16H18N2O2. The summed E-state index contributed by atoms with van der Waals surface area (Å²) in [6.45, 7) is 4.91. The van der Waals surface area contributed by atoms with Gasteiger partial charge in [0, 0.05) is 30.1 Å². The predicted octanol–water partition coefficient (Wildman–Crippen LogP) is 4.32. The predicted molar refractivity (Wildman–Crippen MR) is 81.6 cm³/mol. The van der Waals surface area contributed by atoms with Gasteiger partial charge in [0.1, 0.15) is 0 Å². The molecule has 4 nitrogen and oxygen atoms in total. The minimum atomic E-state index is -0.345. The Balaban J connectivity index is 2.47. The molecule has 0 radical (unpaired) electrons. The standard InChI is InChI=1S/C16H18N2O2/c1-3-13-12-15(18(19)20)10-11-16(13)17(4-2)14-8-6-5-7-9-14/h5-12H,3-4H2,1-2H3. The van der Waals surface area contributed by atoms with Crippen LogP contribution >= 0.6 is 0 Å². The molecule has 2 rings (SSSR count). The number of hydrogen-bond acceptors (Lipinski definition) is 3. The summed E-state index contributed by atoms with van der Waals surface area (Å²) < 4.78 is 0. The van der Waals surface area contributed by atoms with Crippen molar-refractivity contribution in [3.05, 3.63) is 64.2 Å². The number of rotatable bonds is 5. The third-order valence-corrected chi connectivity index (χ3v) is 3.33. The molecule has 2 aromatic carbocycles. The molecule has 0 atom stereocenters. The van der Waals surface area contributed by atoms with Gasteiger partial charge >= 0.3 is 0 Å². The zero-order chi connectivity index (χ0) is 14.5. The molecule has 0 N–H and O–H groups in total. The highest BCUT2D eigenvalue weighted by molar-refractivity contribution is 5.68. The molecule has 0 aromatic heterocycles. The van der Waals surface area contributed by atoms with Crippen LogP contribution in [0, 0.1) is 10.1 Å². The SMILES string of the molecule is CCc1cc([N+](=O)[O-])ccc1N(CC)c1ccccc1. The van der Waals surface area contributed by atoms with Gasteiger partial charge < -0.3 is 4.90 Å². The van der Waals surface area contributed by atoms with Crippen molar-refractivity contribution in [1.29, 1.82) is 0 Å². The Hall–Kier alpha value is -2.36. The number of aryl methyl sites for hydroxylation is 1. The van der Waals surface area contributed by atoms with Crippen molar-refractivity contribution in [2.24, 2.45) is 0 Å². The Morgan fingerprint density at radius 1 is 1.10 bits per heavy atom. The first-order valence-electron chi connectivity index (χ1n) is 6.77. The molecule has 0 amide bonds. The Bertz CT molecular complexity index is 597. The number of non-ortho nitro benzene ring substituents is 1. The van der Waals surface area contributed by atoms with Crippen LogP contribution < -0.4 is 4.90 Å². The number of nitrogens with zero attached hydrogens (tertiary/aromatic N) is 2. The van der Waals surface area contributed by atoms with Crippen LogP contribution in [0.4, 0.5) is 17.1 Å². The van der Waals surface area contributed by atoms with Gasteiger partial charge in [0.25, 0.3) is 5.69 Å². The number of nitro benzene ring substituents is 1. The molecule has 0 aliphatic carbocycles. The smallest absolute Gasteiger partial charge is 0.269 e. The van der Waals surface area contributed by atoms with Gasteiger partial charge in [0.2, 0.25) is 0 Å². The van der Waals surface area contributed by atoms with E-state index in [4.69, 9.17) is 0 Å². The zero-order valence-corrected chi connectivity index (χ0v) is 11.7. The van der Waals surface area contributed by atoms with E-state index in [1.54, 1.807) is 12.1 Å². The van der Waals surface area contributed by atoms with Crippen molar-refractivity contribution >= 4 is 17.1 Å². The Kier molecular flexibility index (Phi) is 4.35. The van der Waals surface area contributed by atoms with Gasteiger partial charge in [-0.25, -0.2) is 0 Å². The molecule has 2 aromatic rings. The topological polar surface area (TPSA) is 46.4 Å². The molecule has 0 fully saturated rings. The van der Waals surface area contributed by atoms with Crippen LogP contribution in [0.3, 0.4) is 0 Å². The summed E-state index contributed by atoms with van der Waals surface area (Å²) >= 11 is 0. The van der Waals surface area contributed by atoms with Crippen molar-refractivity contribution < 1.29 is 4.92 Å². The average Bonchev–Trinajstić information content (AvgIpc) is 2.49. The summed E-state index contributed by atoms with van der Waals surface area (Å²) in [6.07, 6.45) is 0.764. The Morgan fingerprint density at radius 2 is 1.80 bits per heavy atom. The van der Waals surface area contributed by atoms with E-state index in [-0.39, 0.29) is 10.6 Å². The number of hydrogen-bond donors (Lipinski definition) is 0. The largest absolute Gasteiger partial charge is 0.342 e. The summed E-state index contributed by atoms with van der Waals surface area (Å²) in [5, 5.41) is 10.9. The fourth-order valence-corrected chi connectivity index (χ4v) is 2.33. The molecule has 0 heterocycles. The molecule has 20 heavy (non-hydrogen) atoms. The molecule has 0 bridgehead atoms. The second kappa shape index (κ2) is 6.19. The van der Waals surface area contributed by atoms with Gasteiger partial charge in [-0.3, -0.25) is 10.1 Å². The van der Waals surface area contributed by atoms with Crippen LogP contribution in [0.25, 0.3) is 0 Å². The molecule has 4 heteroatoms. The van der Waals surface area contributed by atoms with Crippen LogP contribution in [0.1, 0.15) is 19.4 Å². The quantitative estimate of drug-likeness (QED) is 0.600. The van der Waals surface area contributed by atoms with E-state index in [2.05, 4.69) is 11.8 Å². The van der Waals surface area contributed by atoms with E-state index >= 15 is 0 Å². The van der Waals surface area contributed by atoms with E-state index in [0.29, 0.717) is 0 Å². The fraction of sp³-hybridized carbons (Fsp3) is 0.250. The van der Waals surface area contributed by atoms with Gasteiger partial charge in [-0.2, -0.15) is 0 Å². The molecule has 0 aliphatic rings. The molecule has 104 valence electrons. The van der Waals surface area contributed by atoms with E-state index in [0.717, 1.165) is 29.9 Å². The first-order valence-corrected chi connectivity index (χ1v) is 6.77. The highest BCUT2D eigenvalue weighted by Crippen LogP contribution is 2.31. The second-order valence-electron chi connectivity index (χ2n) is 4.50. The lowest BCUT2D eigenvalue weighted by atomic mass is 10.1. The minimum Gasteiger partial charge on any atom is -0.342 e. The number of benzene rings is 2. The summed E-state index contributed by atoms with van der Waals surface area (Å²) in [6, 6.07) is 15.1. The normalized spacial score (nSPS) is 10.3. The molecule has 0 saturated heterocycles. The van der Waals surface area contributed by atoms with Crippen LogP contribution in [-0.4, -0.2) is 11.5 Å². The molecular weight excluding hydrogens is 252 g/mol. The van der Waals surface area contributed by atoms with Crippen molar-refractivity contribution in [2.75, 3.05) is 11.4 Å². The van der Waals surface area contributed by atoms with Gasteiger partial charge in [-0.05, 0) is 37.1 Å². The lowest BCUT2D eigenvalue weighted by Crippen LogP contribution is -2.17. The zero-order valence-electron chi connectivity index (χ0n) is 11.7. The summed E-state index contributed by atoms with van der Waals surface area (Å²) in [7, 11) is 0. The fourth-order valence-electron chi connectivity index (χ4n) is 2.33. The van der Waals surface area contributed by atoms with E-state index in [9.17, 15) is 10.1 Å². The molecule has 0 spiro atoms. The van der Waals surface area contributed by atoms with Crippen molar-refractivity contribution in [2.45, 2.75) is 20.3 Å². The van der Waals surface area contributed by atoms with E-state index in [1.165, 1.54) is 0 Å². The molecule has 0 saturated carbocycles. The van der Waals surface area contributed by atoms with Gasteiger partial charge in [-0.1, -0.05) is 25.1 Å². The minimum absolute atomic E-state index is 0.148. The Labute approximate surface area is 118 Å².